The van der Waals surface area contributed by atoms with Crippen molar-refractivity contribution in [1.29, 1.82) is 0 Å². The average molecular weight is 708 g/mol. The molecule has 0 bridgehead atoms. The standard InChI is InChI=1S/3C8H14N4O.2CH4.2Zn/c3*1-9-6(8(13)10-2)5-7-11-3-4-12-7;;;;/h3-4,6,9H,5H2,1-2H3,(H,10,13)(H,11,12);2*3-4,6,9H,5H2,1-2H3,(H2,10,11,12,13);2*1H4;;/q;;;;;;+2/p-2/t3*6-;;;;/m000..../s1. The molecule has 43 heavy (non-hydrogen) atoms. The number of carbonyl (C=O) groups is 3. The average Bonchev–Trinajstić information content (AvgIpc) is 3.77. The number of imidazole rings is 3. The molecular formula is C26H48N12O3Zn2. The first kappa shape index (κ1) is 47.1. The van der Waals surface area contributed by atoms with Gasteiger partial charge in [0, 0.05) is 59.4 Å². The Bertz CT molecular complexity index is 918. The van der Waals surface area contributed by atoms with Gasteiger partial charge < -0.3 is 56.8 Å². The molecule has 15 nitrogen and oxygen atoms in total. The van der Waals surface area contributed by atoms with Crippen LogP contribution < -0.4 is 41.9 Å². The minimum Gasteiger partial charge on any atom is -0.446 e. The monoisotopic (exact) mass is 704 g/mol. The summed E-state index contributed by atoms with van der Waals surface area (Å²) in [7, 11) is 10.1. The third-order valence-corrected chi connectivity index (χ3v) is 5.49. The van der Waals surface area contributed by atoms with E-state index in [2.05, 4.69) is 61.8 Å². The van der Waals surface area contributed by atoms with E-state index in [1.807, 2.05) is 0 Å². The van der Waals surface area contributed by atoms with Crippen LogP contribution in [0.4, 0.5) is 0 Å². The summed E-state index contributed by atoms with van der Waals surface area (Å²) < 4.78 is 0. The molecular weight excluding hydrogens is 659 g/mol. The Kier molecular flexibility index (Phi) is 30.6. The number of nitrogens with zero attached hydrogens (tertiary/aromatic N) is 5. The maximum atomic E-state index is 11.3. The minimum absolute atomic E-state index is 0. The number of amides is 3. The van der Waals surface area contributed by atoms with E-state index in [1.54, 1.807) is 79.5 Å². The van der Waals surface area contributed by atoms with Crippen molar-refractivity contribution in [2.24, 2.45) is 0 Å². The molecule has 0 saturated carbocycles. The Morgan fingerprint density at radius 2 is 1.05 bits per heavy atom. The van der Waals surface area contributed by atoms with E-state index in [0.717, 1.165) is 5.82 Å². The number of carbonyl (C=O) groups excluding carboxylic acids is 3. The van der Waals surface area contributed by atoms with Crippen molar-refractivity contribution in [3.63, 3.8) is 0 Å². The Labute approximate surface area is 281 Å². The van der Waals surface area contributed by atoms with E-state index in [4.69, 9.17) is 0 Å². The van der Waals surface area contributed by atoms with Crippen molar-refractivity contribution < 1.29 is 53.3 Å². The van der Waals surface area contributed by atoms with E-state index in [-0.39, 0.29) is 89.7 Å². The van der Waals surface area contributed by atoms with Crippen LogP contribution in [0.2, 0.25) is 0 Å². The summed E-state index contributed by atoms with van der Waals surface area (Å²) in [5.74, 6) is 2.05. The van der Waals surface area contributed by atoms with Crippen LogP contribution in [0.1, 0.15) is 32.3 Å². The van der Waals surface area contributed by atoms with E-state index >= 15 is 0 Å². The summed E-state index contributed by atoms with van der Waals surface area (Å²) >= 11 is 0. The normalized spacial score (nSPS) is 11.3. The number of hydrogen-bond acceptors (Lipinski definition) is 9. The molecule has 3 atom stereocenters. The van der Waals surface area contributed by atoms with E-state index in [9.17, 15) is 14.4 Å². The first-order valence-electron chi connectivity index (χ1n) is 12.3. The van der Waals surface area contributed by atoms with Crippen LogP contribution in [-0.4, -0.2) is 98.1 Å². The molecule has 0 radical (unpaired) electrons. The maximum Gasteiger partial charge on any atom is 2.00 e. The van der Waals surface area contributed by atoms with Gasteiger partial charge in [-0.3, -0.25) is 14.4 Å². The molecule has 0 spiro atoms. The van der Waals surface area contributed by atoms with Gasteiger partial charge >= 0.3 is 19.5 Å². The van der Waals surface area contributed by atoms with Crippen molar-refractivity contribution in [3.05, 3.63) is 54.7 Å². The quantitative estimate of drug-likeness (QED) is 0.107. The number of rotatable bonds is 12. The van der Waals surface area contributed by atoms with Crippen molar-refractivity contribution in [3.8, 4) is 0 Å². The van der Waals surface area contributed by atoms with Crippen LogP contribution in [-0.2, 0) is 72.6 Å². The molecule has 0 unspecified atom stereocenters. The maximum absolute atomic E-state index is 11.3. The van der Waals surface area contributed by atoms with Crippen LogP contribution >= 0.6 is 0 Å². The van der Waals surface area contributed by atoms with Crippen LogP contribution in [0.5, 0.6) is 0 Å². The fourth-order valence-electron chi connectivity index (χ4n) is 3.22. The molecule has 3 aromatic rings. The Morgan fingerprint density at radius 3 is 1.30 bits per heavy atom. The van der Waals surface area contributed by atoms with E-state index in [0.29, 0.717) is 30.9 Å². The number of hydrogen-bond donors (Lipinski definition) is 7. The van der Waals surface area contributed by atoms with Gasteiger partial charge in [0.15, 0.2) is 0 Å². The van der Waals surface area contributed by atoms with Crippen molar-refractivity contribution >= 4 is 17.7 Å². The predicted molar refractivity (Wildman–Crippen MR) is 159 cm³/mol. The number of likely N-dealkylation sites (N-methyl/N-ethyl adjacent to an activating group) is 6. The molecule has 17 heteroatoms. The first-order valence-corrected chi connectivity index (χ1v) is 12.3. The van der Waals surface area contributed by atoms with Gasteiger partial charge in [-0.1, -0.05) is 51.3 Å². The molecule has 3 amide bonds. The zero-order valence-electron chi connectivity index (χ0n) is 24.7. The van der Waals surface area contributed by atoms with Gasteiger partial charge in [-0.15, -0.1) is 0 Å². The van der Waals surface area contributed by atoms with Gasteiger partial charge in [0.25, 0.3) is 0 Å². The molecule has 0 fully saturated rings. The number of aromatic nitrogens is 6. The summed E-state index contributed by atoms with van der Waals surface area (Å²) in [6.07, 6.45) is 11.5. The van der Waals surface area contributed by atoms with Gasteiger partial charge in [0.1, 0.15) is 5.82 Å². The van der Waals surface area contributed by atoms with Gasteiger partial charge in [-0.05, 0) is 34.0 Å². The zero-order chi connectivity index (χ0) is 29.0. The molecule has 0 aliphatic rings. The first-order chi connectivity index (χ1) is 18.8. The van der Waals surface area contributed by atoms with Gasteiger partial charge in [-0.2, -0.15) is 0 Å². The second kappa shape index (κ2) is 28.0. The molecule has 0 aromatic carbocycles. The van der Waals surface area contributed by atoms with Gasteiger partial charge in [0.2, 0.25) is 17.7 Å². The zero-order valence-corrected chi connectivity index (χ0v) is 30.6. The molecule has 234 valence electrons. The Morgan fingerprint density at radius 1 is 0.674 bits per heavy atom. The topological polar surface area (TPSA) is 206 Å². The molecule has 3 rings (SSSR count). The second-order valence-corrected chi connectivity index (χ2v) is 7.96. The van der Waals surface area contributed by atoms with E-state index in [1.165, 1.54) is 0 Å². The molecule has 0 aliphatic heterocycles. The summed E-state index contributed by atoms with van der Waals surface area (Å²) in [6.45, 7) is 0. The number of nitrogens with one attached hydrogen (secondary N) is 7. The summed E-state index contributed by atoms with van der Waals surface area (Å²) in [5, 5.41) is 16.4. The van der Waals surface area contributed by atoms with E-state index < -0.39 is 0 Å². The molecule has 0 aliphatic carbocycles. The number of aromatic amines is 1. The summed E-state index contributed by atoms with van der Waals surface area (Å²) in [6, 6.07) is -0.740. The SMILES string of the molecule is C.C.CNC(=O)[C@H](Cc1ncc[n-]1)NC.CNC(=O)[C@H](Cc1ncc[n-]1)NC.CNC(=O)[C@H](Cc1ncc[nH]1)NC.[Zn+2].[Zn]. The predicted octanol–water partition coefficient (Wildman–Crippen LogP) is -1.62. The molecule has 7 N–H and O–H groups in total. The molecule has 0 saturated heterocycles. The second-order valence-electron chi connectivity index (χ2n) is 7.96. The van der Waals surface area contributed by atoms with Crippen molar-refractivity contribution in [2.45, 2.75) is 52.2 Å². The number of H-pyrrole nitrogens is 1. The largest absolute Gasteiger partial charge is 2.00 e. The summed E-state index contributed by atoms with van der Waals surface area (Å²) in [4.78, 5) is 56.7. The van der Waals surface area contributed by atoms with Crippen molar-refractivity contribution in [2.75, 3.05) is 42.3 Å². The summed E-state index contributed by atoms with van der Waals surface area (Å²) in [5.41, 5.74) is 0. The fourth-order valence-corrected chi connectivity index (χ4v) is 3.22. The third kappa shape index (κ3) is 18.4. The van der Waals surface area contributed by atoms with Crippen LogP contribution in [0.15, 0.2) is 37.2 Å². The van der Waals surface area contributed by atoms with Crippen LogP contribution in [0.25, 0.3) is 0 Å². The Balaban J connectivity index is -0.000000253. The van der Waals surface area contributed by atoms with Crippen molar-refractivity contribution in [1.82, 2.24) is 61.8 Å². The molecule has 3 aromatic heterocycles. The van der Waals surface area contributed by atoms with Gasteiger partial charge in [-0.25, -0.2) is 4.98 Å². The Hall–Kier alpha value is -2.83. The van der Waals surface area contributed by atoms with Crippen LogP contribution in [0, 0.1) is 0 Å². The fraction of sp³-hybridized carbons (Fsp3) is 0.538. The molecule has 3 heterocycles. The van der Waals surface area contributed by atoms with Gasteiger partial charge in [0.05, 0.1) is 18.1 Å². The minimum atomic E-state index is -0.257. The third-order valence-electron chi connectivity index (χ3n) is 5.49. The smallest absolute Gasteiger partial charge is 0.446 e. The van der Waals surface area contributed by atoms with Crippen LogP contribution in [0.3, 0.4) is 0 Å².